The fourth-order valence-electron chi connectivity index (χ4n) is 2.38. The lowest BCUT2D eigenvalue weighted by atomic mass is 10.2. The van der Waals surface area contributed by atoms with Crippen LogP contribution in [0.15, 0.2) is 17.0 Å². The molecule has 1 aromatic carbocycles. The summed E-state index contributed by atoms with van der Waals surface area (Å²) in [5.41, 5.74) is 0.601. The Morgan fingerprint density at radius 1 is 1.20 bits per heavy atom. The molecular formula is C14H16ClI2NO5S2. The number of benzene rings is 1. The Morgan fingerprint density at radius 2 is 1.80 bits per heavy atom. The third-order valence-electron chi connectivity index (χ3n) is 3.45. The van der Waals surface area contributed by atoms with E-state index >= 15 is 0 Å². The van der Waals surface area contributed by atoms with Gasteiger partial charge in [-0.25, -0.2) is 4.90 Å². The number of allylic oxidation sites excluding steroid dienone is 1. The van der Waals surface area contributed by atoms with E-state index in [0.717, 1.165) is 32.0 Å². The smallest absolute Gasteiger partial charge is 0.381 e. The predicted molar refractivity (Wildman–Crippen MR) is 108 cm³/mol. The first-order valence-electron chi connectivity index (χ1n) is 7.16. The van der Waals surface area contributed by atoms with Crippen LogP contribution in [0.25, 0.3) is 4.91 Å². The van der Waals surface area contributed by atoms with Crippen molar-refractivity contribution in [2.24, 2.45) is 0 Å². The molecule has 6 nitrogen and oxygen atoms in total. The quantitative estimate of drug-likeness (QED) is 0.374. The third kappa shape index (κ3) is 5.09. The van der Waals surface area contributed by atoms with Crippen molar-refractivity contribution in [2.45, 2.75) is 25.2 Å². The second-order valence-electron chi connectivity index (χ2n) is 5.02. The first kappa shape index (κ1) is 22.3. The van der Waals surface area contributed by atoms with Crippen LogP contribution >= 0.6 is 68.7 Å². The van der Waals surface area contributed by atoms with E-state index in [1.807, 2.05) is 55.5 Å². The molecule has 25 heavy (non-hydrogen) atoms. The molecule has 0 spiro atoms. The van der Waals surface area contributed by atoms with E-state index in [-0.39, 0.29) is 5.75 Å². The molecular weight excluding hydrogens is 616 g/mol. The van der Waals surface area contributed by atoms with E-state index in [9.17, 15) is 19.1 Å². The van der Waals surface area contributed by atoms with E-state index in [0.29, 0.717) is 27.1 Å². The Morgan fingerprint density at radius 3 is 2.32 bits per heavy atom. The van der Waals surface area contributed by atoms with Crippen LogP contribution in [0, 0.1) is 17.4 Å². The Hall–Kier alpha value is 1.01. The molecule has 1 heterocycles. The SMILES string of the molecule is CCN(CC)C1(O[Cl+3]([O-])([O-])[O-])SC(C)=C(c2cc(I)cc(I)c2O)S1. The summed E-state index contributed by atoms with van der Waals surface area (Å²) in [6, 6.07) is 3.67. The molecule has 0 aromatic heterocycles. The van der Waals surface area contributed by atoms with E-state index in [1.54, 1.807) is 4.90 Å². The lowest BCUT2D eigenvalue weighted by Crippen LogP contribution is -2.65. The number of thioether (sulfide) groups is 2. The fourth-order valence-corrected chi connectivity index (χ4v) is 8.35. The zero-order valence-electron chi connectivity index (χ0n) is 13.5. The van der Waals surface area contributed by atoms with Gasteiger partial charge in [0.1, 0.15) is 10.0 Å². The standard InChI is InChI=1S/C14H16ClI2NO5S2/c1-4-18(5-2)14(23-15(20,21)22)24-8(3)13(25-14)10-6-9(16)7-11(17)12(10)19/h6-7,19H,4-5H2,1-3H3. The van der Waals surface area contributed by atoms with E-state index < -0.39 is 14.6 Å². The Labute approximate surface area is 184 Å². The van der Waals surface area contributed by atoms with Crippen molar-refractivity contribution in [1.82, 2.24) is 4.90 Å². The number of aromatic hydroxyl groups is 1. The molecule has 2 rings (SSSR count). The average molecular weight is 632 g/mol. The maximum Gasteiger partial charge on any atom is 0.381 e. The van der Waals surface area contributed by atoms with Gasteiger partial charge in [0.15, 0.2) is 0 Å². The first-order chi connectivity index (χ1) is 11.5. The molecule has 1 unspecified atom stereocenters. The number of hydrogen-bond acceptors (Lipinski definition) is 8. The van der Waals surface area contributed by atoms with Crippen molar-refractivity contribution >= 4 is 73.6 Å². The topological polar surface area (TPSA) is 102 Å². The highest BCUT2D eigenvalue weighted by Gasteiger charge is 2.57. The Kier molecular flexibility index (Phi) is 7.65. The summed E-state index contributed by atoms with van der Waals surface area (Å²) in [7, 11) is -4.61. The largest absolute Gasteiger partial charge is 0.506 e. The summed E-state index contributed by atoms with van der Waals surface area (Å²) >= 11 is 6.50. The molecule has 0 bridgehead atoms. The van der Waals surface area contributed by atoms with Gasteiger partial charge in [0.25, 0.3) is 0 Å². The van der Waals surface area contributed by atoms with Gasteiger partial charge in [0, 0.05) is 32.0 Å². The molecule has 1 aliphatic rings. The fraction of sp³-hybridized carbons (Fsp3) is 0.429. The van der Waals surface area contributed by atoms with Crippen LogP contribution < -0.4 is 14.0 Å². The molecule has 1 atom stereocenters. The first-order valence-corrected chi connectivity index (χ1v) is 12.2. The van der Waals surface area contributed by atoms with Crippen molar-refractivity contribution in [2.75, 3.05) is 13.1 Å². The van der Waals surface area contributed by atoms with Gasteiger partial charge in [-0.15, -0.1) is 0 Å². The number of hydrogen-bond donors (Lipinski definition) is 1. The van der Waals surface area contributed by atoms with Crippen LogP contribution in [0.4, 0.5) is 0 Å². The zero-order chi connectivity index (χ0) is 19.0. The molecule has 0 saturated heterocycles. The average Bonchev–Trinajstić information content (AvgIpc) is 2.79. The second kappa shape index (κ2) is 8.57. The zero-order valence-corrected chi connectivity index (χ0v) is 20.3. The molecule has 1 N–H and O–H groups in total. The summed E-state index contributed by atoms with van der Waals surface area (Å²) in [4.78, 5) is 3.24. The highest BCUT2D eigenvalue weighted by atomic mass is 127. The minimum atomic E-state index is -4.61. The van der Waals surface area contributed by atoms with Crippen molar-refractivity contribution in [3.8, 4) is 5.75 Å². The molecule has 0 fully saturated rings. The highest BCUT2D eigenvalue weighted by Crippen LogP contribution is 2.61. The molecule has 0 saturated carbocycles. The van der Waals surface area contributed by atoms with Gasteiger partial charge in [-0.05, 0) is 87.8 Å². The Balaban J connectivity index is 2.49. The molecule has 140 valence electrons. The van der Waals surface area contributed by atoms with Gasteiger partial charge in [-0.2, -0.15) is 14.0 Å². The number of phenols is 1. The van der Waals surface area contributed by atoms with Crippen molar-refractivity contribution in [3.63, 3.8) is 0 Å². The summed E-state index contributed by atoms with van der Waals surface area (Å²) in [5, 5.41) is 10.5. The molecule has 0 amide bonds. The van der Waals surface area contributed by atoms with Gasteiger partial charge < -0.3 is 5.11 Å². The van der Waals surface area contributed by atoms with Crippen LogP contribution in [0.5, 0.6) is 5.75 Å². The second-order valence-corrected chi connectivity index (χ2v) is 11.1. The minimum Gasteiger partial charge on any atom is -0.506 e. The van der Waals surface area contributed by atoms with Gasteiger partial charge in [0.2, 0.25) is 0 Å². The maximum atomic E-state index is 11.3. The van der Waals surface area contributed by atoms with E-state index in [4.69, 9.17) is 4.29 Å². The van der Waals surface area contributed by atoms with Crippen molar-refractivity contribution < 1.29 is 33.6 Å². The van der Waals surface area contributed by atoms with Crippen molar-refractivity contribution in [1.29, 1.82) is 0 Å². The Bertz CT molecular complexity index is 697. The molecule has 0 aliphatic carbocycles. The predicted octanol–water partition coefficient (Wildman–Crippen LogP) is 1.64. The number of rotatable bonds is 6. The monoisotopic (exact) mass is 631 g/mol. The van der Waals surface area contributed by atoms with Gasteiger partial charge in [-0.1, -0.05) is 13.8 Å². The normalized spacial score (nSPS) is 21.5. The van der Waals surface area contributed by atoms with Gasteiger partial charge in [0.05, 0.1) is 13.8 Å². The molecule has 11 heteroatoms. The lowest BCUT2D eigenvalue weighted by Gasteiger charge is -2.33. The van der Waals surface area contributed by atoms with E-state index in [1.165, 1.54) is 0 Å². The number of nitrogens with zero attached hydrogens (tertiary/aromatic N) is 1. The summed E-state index contributed by atoms with van der Waals surface area (Å²) in [5.74, 6) is 0.126. The number of halogens is 3. The van der Waals surface area contributed by atoms with Crippen molar-refractivity contribution in [3.05, 3.63) is 29.7 Å². The van der Waals surface area contributed by atoms with Crippen LogP contribution in [0.1, 0.15) is 26.3 Å². The van der Waals surface area contributed by atoms with Crippen LogP contribution in [-0.2, 0) is 4.29 Å². The summed E-state index contributed by atoms with van der Waals surface area (Å²) in [6.45, 7) is 6.55. The molecule has 0 radical (unpaired) electrons. The van der Waals surface area contributed by atoms with Gasteiger partial charge >= 0.3 is 4.39 Å². The maximum absolute atomic E-state index is 11.3. The van der Waals surface area contributed by atoms with Crippen LogP contribution in [-0.4, -0.2) is 27.5 Å². The molecule has 1 aromatic rings. The summed E-state index contributed by atoms with van der Waals surface area (Å²) < 4.78 is 39.2. The van der Waals surface area contributed by atoms with Crippen LogP contribution in [0.2, 0.25) is 0 Å². The summed E-state index contributed by atoms with van der Waals surface area (Å²) in [6.07, 6.45) is 0. The van der Waals surface area contributed by atoms with Gasteiger partial charge in [-0.3, -0.25) is 0 Å². The van der Waals surface area contributed by atoms with Crippen LogP contribution in [0.3, 0.4) is 0 Å². The number of phenolic OH excluding ortho intramolecular Hbond substituents is 1. The lowest BCUT2D eigenvalue weighted by molar-refractivity contribution is -1.92. The minimum absolute atomic E-state index is 0.126. The third-order valence-corrected chi connectivity index (χ3v) is 8.56. The highest BCUT2D eigenvalue weighted by molar-refractivity contribution is 14.1. The molecule has 1 aliphatic heterocycles. The van der Waals surface area contributed by atoms with E-state index in [2.05, 4.69) is 22.6 Å².